The lowest BCUT2D eigenvalue weighted by atomic mass is 9.85. The third-order valence-electron chi connectivity index (χ3n) is 5.24. The van der Waals surface area contributed by atoms with Crippen LogP contribution in [0.25, 0.3) is 0 Å². The van der Waals surface area contributed by atoms with Gasteiger partial charge >= 0.3 is 5.97 Å². The molecule has 0 saturated carbocycles. The molecular formula is C18H21NO6S. The lowest BCUT2D eigenvalue weighted by Crippen LogP contribution is -2.62. The van der Waals surface area contributed by atoms with Crippen molar-refractivity contribution in [1.82, 2.24) is 4.90 Å². The molecule has 3 rings (SSSR count). The van der Waals surface area contributed by atoms with Crippen LogP contribution in [0.3, 0.4) is 0 Å². The number of ether oxygens (including phenoxy) is 1. The van der Waals surface area contributed by atoms with Gasteiger partial charge in [0.05, 0.1) is 5.92 Å². The summed E-state index contributed by atoms with van der Waals surface area (Å²) in [6.07, 6.45) is 1.21. The SMILES string of the molecule is C=CCOC(=O)[C@@H]1N2C(=O)C(c3ccccc3)[C@H]2S(=O)(=O)C1(C)CCO. The Hall–Kier alpha value is -2.19. The number of hydrogen-bond donors (Lipinski definition) is 1. The second-order valence-corrected chi connectivity index (χ2v) is 9.18. The number of benzene rings is 1. The van der Waals surface area contributed by atoms with E-state index in [0.29, 0.717) is 5.56 Å². The molecule has 0 bridgehead atoms. The van der Waals surface area contributed by atoms with Crippen LogP contribution in [0.1, 0.15) is 24.8 Å². The fourth-order valence-corrected chi connectivity index (χ4v) is 6.47. The Balaban J connectivity index is 2.06. The molecule has 0 aromatic heterocycles. The van der Waals surface area contributed by atoms with Crippen molar-refractivity contribution < 1.29 is 27.9 Å². The highest BCUT2D eigenvalue weighted by Crippen LogP contribution is 2.53. The van der Waals surface area contributed by atoms with Crippen molar-refractivity contribution in [3.05, 3.63) is 48.6 Å². The number of amides is 1. The first-order chi connectivity index (χ1) is 12.3. The molecule has 2 aliphatic heterocycles. The maximum absolute atomic E-state index is 13.3. The van der Waals surface area contributed by atoms with Crippen LogP contribution in [0, 0.1) is 0 Å². The summed E-state index contributed by atoms with van der Waals surface area (Å²) in [4.78, 5) is 26.4. The average molecular weight is 379 g/mol. The van der Waals surface area contributed by atoms with E-state index in [1.165, 1.54) is 13.0 Å². The third kappa shape index (κ3) is 2.39. The number of fused-ring (bicyclic) bond motifs is 1. The van der Waals surface area contributed by atoms with Gasteiger partial charge in [-0.1, -0.05) is 43.0 Å². The summed E-state index contributed by atoms with van der Waals surface area (Å²) in [5, 5.41) is 8.28. The van der Waals surface area contributed by atoms with Crippen LogP contribution in [0.15, 0.2) is 43.0 Å². The second-order valence-electron chi connectivity index (χ2n) is 6.68. The molecule has 7 nitrogen and oxygen atoms in total. The number of hydrogen-bond acceptors (Lipinski definition) is 6. The van der Waals surface area contributed by atoms with Gasteiger partial charge in [-0.2, -0.15) is 0 Å². The van der Waals surface area contributed by atoms with E-state index in [1.54, 1.807) is 30.3 Å². The molecule has 1 aromatic rings. The summed E-state index contributed by atoms with van der Waals surface area (Å²) in [5.41, 5.74) is 0.591. The van der Waals surface area contributed by atoms with Gasteiger partial charge in [0.2, 0.25) is 5.91 Å². The van der Waals surface area contributed by atoms with Gasteiger partial charge in [-0.15, -0.1) is 0 Å². The van der Waals surface area contributed by atoms with Crippen molar-refractivity contribution in [2.24, 2.45) is 0 Å². The highest BCUT2D eigenvalue weighted by Gasteiger charge is 2.73. The van der Waals surface area contributed by atoms with Gasteiger partial charge in [0.15, 0.2) is 21.3 Å². The first kappa shape index (κ1) is 18.6. The maximum atomic E-state index is 13.3. The molecule has 2 fully saturated rings. The molecule has 0 spiro atoms. The molecular weight excluding hydrogens is 358 g/mol. The molecule has 26 heavy (non-hydrogen) atoms. The summed E-state index contributed by atoms with van der Waals surface area (Å²) in [6.45, 7) is 4.35. The lowest BCUT2D eigenvalue weighted by Gasteiger charge is -2.43. The van der Waals surface area contributed by atoms with E-state index in [0.717, 1.165) is 4.90 Å². The number of β-lactam (4-membered cyclic amide) rings is 1. The molecule has 8 heteroatoms. The Kier molecular flexibility index (Phi) is 4.66. The fraction of sp³-hybridized carbons (Fsp3) is 0.444. The quantitative estimate of drug-likeness (QED) is 0.441. The van der Waals surface area contributed by atoms with Crippen molar-refractivity contribution >= 4 is 21.7 Å². The molecule has 1 amide bonds. The topological polar surface area (TPSA) is 101 Å². The van der Waals surface area contributed by atoms with Crippen LogP contribution in [-0.4, -0.2) is 59.7 Å². The Morgan fingerprint density at radius 1 is 1.38 bits per heavy atom. The predicted molar refractivity (Wildman–Crippen MR) is 93.8 cm³/mol. The van der Waals surface area contributed by atoms with Crippen LogP contribution in [0.5, 0.6) is 0 Å². The summed E-state index contributed by atoms with van der Waals surface area (Å²) >= 11 is 0. The molecule has 2 aliphatic rings. The zero-order valence-electron chi connectivity index (χ0n) is 14.4. The van der Waals surface area contributed by atoms with Crippen LogP contribution in [-0.2, 0) is 24.2 Å². The van der Waals surface area contributed by atoms with Gasteiger partial charge < -0.3 is 14.7 Å². The van der Waals surface area contributed by atoms with Crippen LogP contribution < -0.4 is 0 Å². The second kappa shape index (κ2) is 6.51. The molecule has 1 N–H and O–H groups in total. The van der Waals surface area contributed by atoms with Gasteiger partial charge in [0.1, 0.15) is 11.4 Å². The predicted octanol–water partition coefficient (Wildman–Crippen LogP) is 0.606. The fourth-order valence-electron chi connectivity index (χ4n) is 3.87. The average Bonchev–Trinajstić information content (AvgIpc) is 2.76. The molecule has 0 aliphatic carbocycles. The van der Waals surface area contributed by atoms with E-state index in [4.69, 9.17) is 4.74 Å². The van der Waals surface area contributed by atoms with E-state index in [2.05, 4.69) is 6.58 Å². The van der Waals surface area contributed by atoms with Crippen molar-refractivity contribution in [3.8, 4) is 0 Å². The van der Waals surface area contributed by atoms with Crippen molar-refractivity contribution in [1.29, 1.82) is 0 Å². The number of aliphatic hydroxyl groups is 1. The first-order valence-corrected chi connectivity index (χ1v) is 9.85. The number of sulfone groups is 1. The number of rotatable bonds is 6. The monoisotopic (exact) mass is 379 g/mol. The van der Waals surface area contributed by atoms with Crippen molar-refractivity contribution in [2.45, 2.75) is 35.4 Å². The molecule has 1 aromatic carbocycles. The normalized spacial score (nSPS) is 31.8. The molecule has 2 unspecified atom stereocenters. The van der Waals surface area contributed by atoms with E-state index in [1.807, 2.05) is 0 Å². The molecule has 0 radical (unpaired) electrons. The van der Waals surface area contributed by atoms with Gasteiger partial charge in [-0.3, -0.25) is 4.79 Å². The Bertz CT molecular complexity index is 836. The minimum absolute atomic E-state index is 0.0839. The lowest BCUT2D eigenvalue weighted by molar-refractivity contribution is -0.162. The van der Waals surface area contributed by atoms with E-state index in [-0.39, 0.29) is 13.0 Å². The van der Waals surface area contributed by atoms with Crippen molar-refractivity contribution in [3.63, 3.8) is 0 Å². The minimum Gasteiger partial charge on any atom is -0.460 e. The van der Waals surface area contributed by atoms with Gasteiger partial charge in [0.25, 0.3) is 0 Å². The van der Waals surface area contributed by atoms with E-state index in [9.17, 15) is 23.1 Å². The summed E-state index contributed by atoms with van der Waals surface area (Å²) in [5.74, 6) is -2.07. The van der Waals surface area contributed by atoms with Gasteiger partial charge in [-0.25, -0.2) is 13.2 Å². The molecule has 140 valence electrons. The van der Waals surface area contributed by atoms with Gasteiger partial charge in [-0.05, 0) is 18.9 Å². The molecule has 2 heterocycles. The van der Waals surface area contributed by atoms with E-state index < -0.39 is 50.4 Å². The number of carbonyl (C=O) groups is 2. The number of esters is 1. The highest BCUT2D eigenvalue weighted by atomic mass is 32.2. The maximum Gasteiger partial charge on any atom is 0.330 e. The summed E-state index contributed by atoms with van der Waals surface area (Å²) in [7, 11) is -3.92. The first-order valence-electron chi connectivity index (χ1n) is 8.30. The van der Waals surface area contributed by atoms with Gasteiger partial charge in [0, 0.05) is 6.61 Å². The minimum atomic E-state index is -3.92. The summed E-state index contributed by atoms with van der Waals surface area (Å²) < 4.78 is 30.0. The molecule has 2 saturated heterocycles. The Labute approximate surface area is 152 Å². The largest absolute Gasteiger partial charge is 0.460 e. The number of nitrogens with zero attached hydrogens (tertiary/aromatic N) is 1. The van der Waals surface area contributed by atoms with Crippen LogP contribution in [0.2, 0.25) is 0 Å². The third-order valence-corrected chi connectivity index (χ3v) is 8.10. The van der Waals surface area contributed by atoms with Crippen molar-refractivity contribution in [2.75, 3.05) is 13.2 Å². The Morgan fingerprint density at radius 3 is 2.62 bits per heavy atom. The van der Waals surface area contributed by atoms with E-state index >= 15 is 0 Å². The highest BCUT2D eigenvalue weighted by molar-refractivity contribution is 7.94. The zero-order chi connectivity index (χ0) is 19.1. The smallest absolute Gasteiger partial charge is 0.330 e. The van der Waals surface area contributed by atoms with Crippen LogP contribution in [0.4, 0.5) is 0 Å². The molecule has 4 atom stereocenters. The summed E-state index contributed by atoms with van der Waals surface area (Å²) in [6, 6.07) is 7.35. The zero-order valence-corrected chi connectivity index (χ0v) is 15.2. The number of aliphatic hydroxyl groups excluding tert-OH is 1. The number of carbonyl (C=O) groups excluding carboxylic acids is 2. The van der Waals surface area contributed by atoms with Crippen LogP contribution >= 0.6 is 0 Å². The standard InChI is InChI=1S/C18H21NO6S/c1-3-11-25-17(22)14-18(2,9-10-20)26(23,24)16-13(15(21)19(14)16)12-7-5-4-6-8-12/h3-8,13-14,16,20H,1,9-11H2,2H3/t13?,14-,16+,18?/m0/s1. The Morgan fingerprint density at radius 2 is 2.04 bits per heavy atom.